The van der Waals surface area contributed by atoms with Crippen molar-refractivity contribution in [3.8, 4) is 0 Å². The number of hydrogen-bond acceptors (Lipinski definition) is 4. The number of hydrogen-bond donors (Lipinski definition) is 0. The zero-order valence-electron chi connectivity index (χ0n) is 15.4. The molecule has 4 rings (SSSR count). The second-order valence-electron chi connectivity index (χ2n) is 7.28. The van der Waals surface area contributed by atoms with Crippen LogP contribution in [0.2, 0.25) is 0 Å². The number of rotatable bonds is 4. The summed E-state index contributed by atoms with van der Waals surface area (Å²) in [6.45, 7) is 3.91. The van der Waals surface area contributed by atoms with Gasteiger partial charge in [0.05, 0.1) is 11.8 Å². The first-order valence-corrected chi connectivity index (χ1v) is 10.6. The molecule has 3 heterocycles. The fourth-order valence-corrected chi connectivity index (χ4v) is 4.73. The zero-order chi connectivity index (χ0) is 17.9. The van der Waals surface area contributed by atoms with Gasteiger partial charge >= 0.3 is 0 Å². The van der Waals surface area contributed by atoms with Crippen molar-refractivity contribution in [1.29, 1.82) is 0 Å². The number of carbonyl (C=O) groups excluding carboxylic acids is 1. The second-order valence-corrected chi connectivity index (χ2v) is 8.33. The van der Waals surface area contributed by atoms with E-state index < -0.39 is 0 Å². The summed E-state index contributed by atoms with van der Waals surface area (Å²) < 4.78 is 2.29. The molecule has 0 radical (unpaired) electrons. The van der Waals surface area contributed by atoms with Crippen molar-refractivity contribution in [2.45, 2.75) is 62.9 Å². The molecule has 1 fully saturated rings. The van der Waals surface area contributed by atoms with Crippen LogP contribution in [-0.4, -0.2) is 37.9 Å². The molecule has 1 aromatic heterocycles. The van der Waals surface area contributed by atoms with Crippen LogP contribution in [0.4, 0.5) is 0 Å². The Bertz CT molecular complexity index is 771. The number of aromatic nitrogens is 3. The van der Waals surface area contributed by atoms with Crippen LogP contribution in [-0.2, 0) is 17.8 Å². The van der Waals surface area contributed by atoms with E-state index in [-0.39, 0.29) is 11.9 Å². The lowest BCUT2D eigenvalue weighted by atomic mass is 10.2. The molecule has 0 saturated carbocycles. The van der Waals surface area contributed by atoms with Crippen LogP contribution in [0.3, 0.4) is 0 Å². The van der Waals surface area contributed by atoms with Crippen molar-refractivity contribution in [2.75, 3.05) is 12.3 Å². The fourth-order valence-electron chi connectivity index (χ4n) is 3.95. The Hall–Kier alpha value is -1.82. The number of fused-ring (bicyclic) bond motifs is 1. The van der Waals surface area contributed by atoms with Crippen molar-refractivity contribution in [3.05, 3.63) is 41.5 Å². The molecule has 0 bridgehead atoms. The maximum absolute atomic E-state index is 12.9. The van der Waals surface area contributed by atoms with E-state index in [1.54, 1.807) is 11.8 Å². The maximum atomic E-state index is 12.9. The van der Waals surface area contributed by atoms with Gasteiger partial charge in [0.2, 0.25) is 5.91 Å². The highest BCUT2D eigenvalue weighted by molar-refractivity contribution is 8.00. The van der Waals surface area contributed by atoms with E-state index in [1.165, 1.54) is 24.8 Å². The molecule has 0 spiro atoms. The summed E-state index contributed by atoms with van der Waals surface area (Å²) >= 11 is 1.62. The minimum absolute atomic E-state index is 0.0977. The summed E-state index contributed by atoms with van der Waals surface area (Å²) in [5, 5.41) is 8.92. The Labute approximate surface area is 159 Å². The van der Waals surface area contributed by atoms with Crippen molar-refractivity contribution in [3.63, 3.8) is 0 Å². The average Bonchev–Trinajstić information content (AvgIpc) is 3.22. The van der Waals surface area contributed by atoms with Gasteiger partial charge in [-0.05, 0) is 44.7 Å². The fraction of sp³-hybridized carbons (Fsp3) is 0.550. The second kappa shape index (κ2) is 7.82. The number of thioether (sulfide) groups is 1. The van der Waals surface area contributed by atoms with Gasteiger partial charge in [0.1, 0.15) is 5.82 Å². The molecule has 1 atom stereocenters. The van der Waals surface area contributed by atoms with E-state index in [2.05, 4.69) is 46.0 Å². The first-order valence-electron chi connectivity index (χ1n) is 9.63. The van der Waals surface area contributed by atoms with Gasteiger partial charge in [-0.1, -0.05) is 24.1 Å². The first-order chi connectivity index (χ1) is 12.7. The van der Waals surface area contributed by atoms with Crippen molar-refractivity contribution in [2.24, 2.45) is 0 Å². The number of likely N-dealkylation sites (tertiary alicyclic amines) is 1. The van der Waals surface area contributed by atoms with Crippen molar-refractivity contribution in [1.82, 2.24) is 19.7 Å². The Morgan fingerprint density at radius 2 is 1.96 bits per heavy atom. The Morgan fingerprint density at radius 1 is 1.12 bits per heavy atom. The molecular weight excluding hydrogens is 344 g/mol. The number of nitrogens with zero attached hydrogens (tertiary/aromatic N) is 4. The lowest BCUT2D eigenvalue weighted by Gasteiger charge is -2.24. The Kier molecular flexibility index (Phi) is 5.29. The molecule has 0 N–H and O–H groups in total. The quantitative estimate of drug-likeness (QED) is 0.769. The van der Waals surface area contributed by atoms with Gasteiger partial charge in [-0.2, -0.15) is 0 Å². The molecule has 2 aliphatic rings. The molecule has 138 valence electrons. The number of carbonyl (C=O) groups is 1. The average molecular weight is 371 g/mol. The van der Waals surface area contributed by atoms with E-state index in [9.17, 15) is 4.79 Å². The third-order valence-electron chi connectivity index (χ3n) is 5.39. The first kappa shape index (κ1) is 17.6. The van der Waals surface area contributed by atoms with Gasteiger partial charge in [0.25, 0.3) is 0 Å². The third kappa shape index (κ3) is 3.65. The van der Waals surface area contributed by atoms with Gasteiger partial charge in [-0.15, -0.1) is 22.0 Å². The van der Waals surface area contributed by atoms with Gasteiger partial charge in [-0.3, -0.25) is 4.79 Å². The molecule has 0 unspecified atom stereocenters. The standard InChI is InChI=1S/C20H26N4OS/c1-15-8-10-16(11-9-15)26-14-19(25)23-13-5-6-17(23)20-22-21-18-7-3-2-4-12-24(18)20/h8-11,17H,2-7,12-14H2,1H3/t17-/m0/s1. The summed E-state index contributed by atoms with van der Waals surface area (Å²) in [4.78, 5) is 16.1. The normalized spacial score (nSPS) is 20.0. The molecule has 1 amide bonds. The maximum Gasteiger partial charge on any atom is 0.233 e. The zero-order valence-corrected chi connectivity index (χ0v) is 16.2. The molecule has 26 heavy (non-hydrogen) atoms. The largest absolute Gasteiger partial charge is 0.332 e. The Balaban J connectivity index is 1.45. The van der Waals surface area contributed by atoms with Crippen molar-refractivity contribution < 1.29 is 4.79 Å². The SMILES string of the molecule is Cc1ccc(SCC(=O)N2CCC[C@H]2c2nnc3n2CCCCC3)cc1. The molecule has 5 nitrogen and oxygen atoms in total. The van der Waals surface area contributed by atoms with Gasteiger partial charge in [0, 0.05) is 24.4 Å². The van der Waals surface area contributed by atoms with E-state index >= 15 is 0 Å². The van der Waals surface area contributed by atoms with Gasteiger partial charge < -0.3 is 9.47 Å². The molecule has 2 aliphatic heterocycles. The van der Waals surface area contributed by atoms with Crippen LogP contribution in [0.25, 0.3) is 0 Å². The summed E-state index contributed by atoms with van der Waals surface area (Å²) in [6.07, 6.45) is 6.69. The van der Waals surface area contributed by atoms with Crippen molar-refractivity contribution >= 4 is 17.7 Å². The monoisotopic (exact) mass is 370 g/mol. The van der Waals surface area contributed by atoms with Crippen LogP contribution < -0.4 is 0 Å². The minimum Gasteiger partial charge on any atom is -0.332 e. The van der Waals surface area contributed by atoms with Crippen LogP contribution in [0.5, 0.6) is 0 Å². The van der Waals surface area contributed by atoms with Crippen LogP contribution in [0.1, 0.15) is 55.4 Å². The van der Waals surface area contributed by atoms with E-state index in [0.717, 1.165) is 48.9 Å². The molecule has 6 heteroatoms. The predicted octanol–water partition coefficient (Wildman–Crippen LogP) is 3.77. The summed E-state index contributed by atoms with van der Waals surface area (Å²) in [7, 11) is 0. The lowest BCUT2D eigenvalue weighted by molar-refractivity contribution is -0.129. The summed E-state index contributed by atoms with van der Waals surface area (Å²) in [6, 6.07) is 8.47. The molecule has 0 aliphatic carbocycles. The van der Waals surface area contributed by atoms with E-state index in [4.69, 9.17) is 0 Å². The third-order valence-corrected chi connectivity index (χ3v) is 6.39. The number of benzene rings is 1. The van der Waals surface area contributed by atoms with Crippen LogP contribution in [0, 0.1) is 6.92 Å². The molecule has 2 aromatic rings. The highest BCUT2D eigenvalue weighted by Gasteiger charge is 2.34. The highest BCUT2D eigenvalue weighted by Crippen LogP contribution is 2.33. The van der Waals surface area contributed by atoms with E-state index in [1.807, 2.05) is 4.90 Å². The number of amides is 1. The summed E-state index contributed by atoms with van der Waals surface area (Å²) in [5.41, 5.74) is 1.24. The highest BCUT2D eigenvalue weighted by atomic mass is 32.2. The van der Waals surface area contributed by atoms with Crippen LogP contribution in [0.15, 0.2) is 29.2 Å². The van der Waals surface area contributed by atoms with E-state index in [0.29, 0.717) is 5.75 Å². The summed E-state index contributed by atoms with van der Waals surface area (Å²) in [5.74, 6) is 2.81. The predicted molar refractivity (Wildman–Crippen MR) is 103 cm³/mol. The molecule has 1 aromatic carbocycles. The van der Waals surface area contributed by atoms with Crippen LogP contribution >= 0.6 is 11.8 Å². The number of aryl methyl sites for hydroxylation is 2. The topological polar surface area (TPSA) is 51.0 Å². The van der Waals surface area contributed by atoms with Gasteiger partial charge in [-0.25, -0.2) is 0 Å². The lowest BCUT2D eigenvalue weighted by Crippen LogP contribution is -2.33. The van der Waals surface area contributed by atoms with Gasteiger partial charge in [0.15, 0.2) is 5.82 Å². The smallest absolute Gasteiger partial charge is 0.233 e. The molecular formula is C20H26N4OS. The molecule has 1 saturated heterocycles. The minimum atomic E-state index is 0.0977. The Morgan fingerprint density at radius 3 is 2.81 bits per heavy atom.